The van der Waals surface area contributed by atoms with E-state index >= 15 is 0 Å². The molecule has 1 aromatic heterocycles. The van der Waals surface area contributed by atoms with Crippen LogP contribution in [0.2, 0.25) is 0 Å². The maximum Gasteiger partial charge on any atom is 0.271 e. The van der Waals surface area contributed by atoms with Crippen LogP contribution in [-0.4, -0.2) is 22.3 Å². The second kappa shape index (κ2) is 5.06. The van der Waals surface area contributed by atoms with E-state index < -0.39 is 14.9 Å². The third-order valence-corrected chi connectivity index (χ3v) is 5.12. The Morgan fingerprint density at radius 2 is 1.83 bits per heavy atom. The van der Waals surface area contributed by atoms with Crippen LogP contribution in [0.4, 0.5) is 11.6 Å². The third kappa shape index (κ3) is 2.40. The van der Waals surface area contributed by atoms with Crippen LogP contribution < -0.4 is 5.73 Å². The zero-order chi connectivity index (χ0) is 16.8. The fraction of sp³-hybridized carbons (Fsp3) is 0.0714. The molecule has 0 saturated carbocycles. The first-order valence-electron chi connectivity index (χ1n) is 6.55. The first kappa shape index (κ1) is 15.0. The van der Waals surface area contributed by atoms with E-state index in [4.69, 9.17) is 5.73 Å². The quantitative estimate of drug-likeness (QED) is 0.579. The summed E-state index contributed by atoms with van der Waals surface area (Å²) in [7, 11) is -4.01. The summed E-state index contributed by atoms with van der Waals surface area (Å²) in [5.41, 5.74) is 6.74. The molecule has 8 nitrogen and oxygen atoms in total. The number of rotatable bonds is 3. The highest BCUT2D eigenvalue weighted by molar-refractivity contribution is 7.90. The lowest BCUT2D eigenvalue weighted by molar-refractivity contribution is -0.384. The van der Waals surface area contributed by atoms with Crippen LogP contribution >= 0.6 is 0 Å². The van der Waals surface area contributed by atoms with Gasteiger partial charge in [0.1, 0.15) is 0 Å². The van der Waals surface area contributed by atoms with Crippen molar-refractivity contribution in [2.24, 2.45) is 0 Å². The van der Waals surface area contributed by atoms with Gasteiger partial charge in [-0.1, -0.05) is 17.7 Å². The largest absolute Gasteiger partial charge is 0.368 e. The van der Waals surface area contributed by atoms with Gasteiger partial charge in [0.2, 0.25) is 5.95 Å². The second-order valence-corrected chi connectivity index (χ2v) is 6.77. The van der Waals surface area contributed by atoms with Gasteiger partial charge in [-0.2, -0.15) is 0 Å². The monoisotopic (exact) mass is 332 g/mol. The van der Waals surface area contributed by atoms with E-state index in [0.29, 0.717) is 0 Å². The number of nitro groups is 1. The van der Waals surface area contributed by atoms with Crippen LogP contribution in [0.15, 0.2) is 47.4 Å². The van der Waals surface area contributed by atoms with Crippen molar-refractivity contribution in [2.45, 2.75) is 11.8 Å². The highest BCUT2D eigenvalue weighted by atomic mass is 32.2. The number of aromatic nitrogens is 2. The Labute approximate surface area is 131 Å². The van der Waals surface area contributed by atoms with Gasteiger partial charge >= 0.3 is 0 Å². The average molecular weight is 332 g/mol. The molecule has 0 saturated heterocycles. The van der Waals surface area contributed by atoms with Crippen molar-refractivity contribution in [3.05, 3.63) is 58.1 Å². The van der Waals surface area contributed by atoms with Crippen molar-refractivity contribution in [3.8, 4) is 0 Å². The zero-order valence-corrected chi connectivity index (χ0v) is 12.8. The lowest BCUT2D eigenvalue weighted by atomic mass is 10.2. The molecule has 3 rings (SSSR count). The molecule has 9 heteroatoms. The SMILES string of the molecule is Cc1ccc(S(=O)(=O)n2c(N)nc3ccc([N+](=O)[O-])cc32)cc1. The number of hydrogen-bond donors (Lipinski definition) is 1. The molecule has 0 bridgehead atoms. The summed E-state index contributed by atoms with van der Waals surface area (Å²) in [5.74, 6) is -0.249. The van der Waals surface area contributed by atoms with E-state index in [9.17, 15) is 18.5 Å². The summed E-state index contributed by atoms with van der Waals surface area (Å²) in [6, 6.07) is 9.98. The molecule has 3 aromatic rings. The van der Waals surface area contributed by atoms with Gasteiger partial charge in [0.25, 0.3) is 15.7 Å². The number of nitrogens with zero attached hydrogens (tertiary/aromatic N) is 3. The molecule has 2 aromatic carbocycles. The van der Waals surface area contributed by atoms with Crippen LogP contribution in [0, 0.1) is 17.0 Å². The third-order valence-electron chi connectivity index (χ3n) is 3.39. The number of non-ortho nitro benzene ring substituents is 1. The Bertz CT molecular complexity index is 1020. The van der Waals surface area contributed by atoms with Gasteiger partial charge in [-0.05, 0) is 25.1 Å². The second-order valence-electron chi connectivity index (χ2n) is 4.98. The first-order chi connectivity index (χ1) is 10.8. The molecule has 23 heavy (non-hydrogen) atoms. The molecular formula is C14H12N4O4S. The Morgan fingerprint density at radius 1 is 1.17 bits per heavy atom. The smallest absolute Gasteiger partial charge is 0.271 e. The minimum atomic E-state index is -4.01. The summed E-state index contributed by atoms with van der Waals surface area (Å²) < 4.78 is 26.4. The molecule has 0 aliphatic heterocycles. The number of nitro benzene ring substituents is 1. The fourth-order valence-corrected chi connectivity index (χ4v) is 3.63. The molecule has 0 aliphatic rings. The highest BCUT2D eigenvalue weighted by Crippen LogP contribution is 2.27. The van der Waals surface area contributed by atoms with Crippen LogP contribution in [0.3, 0.4) is 0 Å². The summed E-state index contributed by atoms with van der Waals surface area (Å²) >= 11 is 0. The van der Waals surface area contributed by atoms with Gasteiger partial charge in [0, 0.05) is 12.1 Å². The van der Waals surface area contributed by atoms with Crippen molar-refractivity contribution in [3.63, 3.8) is 0 Å². The topological polar surface area (TPSA) is 121 Å². The molecule has 1 heterocycles. The van der Waals surface area contributed by atoms with Gasteiger partial charge in [0.15, 0.2) is 0 Å². The number of imidazole rings is 1. The standard InChI is InChI=1S/C14H12N4O4S/c1-9-2-5-11(6-3-9)23(21,22)17-13-8-10(18(19)20)4-7-12(13)16-14(17)15/h2-8H,1H3,(H2,15,16). The molecule has 0 atom stereocenters. The number of nitrogen functional groups attached to an aromatic ring is 1. The number of hydrogen-bond acceptors (Lipinski definition) is 6. The van der Waals surface area contributed by atoms with E-state index in [2.05, 4.69) is 4.98 Å². The lowest BCUT2D eigenvalue weighted by Crippen LogP contribution is -2.15. The van der Waals surface area contributed by atoms with Crippen LogP contribution in [0.1, 0.15) is 5.56 Å². The van der Waals surface area contributed by atoms with E-state index in [1.54, 1.807) is 12.1 Å². The Morgan fingerprint density at radius 3 is 2.43 bits per heavy atom. The van der Waals surface area contributed by atoms with E-state index in [1.807, 2.05) is 6.92 Å². The maximum absolute atomic E-state index is 12.8. The molecule has 2 N–H and O–H groups in total. The number of anilines is 1. The van der Waals surface area contributed by atoms with Crippen molar-refractivity contribution in [2.75, 3.05) is 5.73 Å². The molecule has 0 unspecified atom stereocenters. The van der Waals surface area contributed by atoms with Crippen LogP contribution in [0.5, 0.6) is 0 Å². The van der Waals surface area contributed by atoms with Crippen molar-refractivity contribution < 1.29 is 13.3 Å². The Balaban J connectivity index is 2.29. The molecule has 0 radical (unpaired) electrons. The molecule has 0 aliphatic carbocycles. The molecule has 0 spiro atoms. The van der Waals surface area contributed by atoms with E-state index in [-0.39, 0.29) is 27.6 Å². The van der Waals surface area contributed by atoms with Gasteiger partial charge in [0.05, 0.1) is 20.9 Å². The fourth-order valence-electron chi connectivity index (χ4n) is 2.24. The molecule has 0 fully saturated rings. The maximum atomic E-state index is 12.8. The Kier molecular flexibility index (Phi) is 3.29. The van der Waals surface area contributed by atoms with Gasteiger partial charge < -0.3 is 5.73 Å². The Hall–Kier alpha value is -2.94. The van der Waals surface area contributed by atoms with Crippen molar-refractivity contribution >= 4 is 32.7 Å². The van der Waals surface area contributed by atoms with Gasteiger partial charge in [-0.3, -0.25) is 10.1 Å². The molecule has 118 valence electrons. The summed E-state index contributed by atoms with van der Waals surface area (Å²) in [4.78, 5) is 14.3. The highest BCUT2D eigenvalue weighted by Gasteiger charge is 2.24. The zero-order valence-electron chi connectivity index (χ0n) is 12.0. The predicted octanol–water partition coefficient (Wildman–Crippen LogP) is 2.07. The minimum Gasteiger partial charge on any atom is -0.368 e. The number of fused-ring (bicyclic) bond motifs is 1. The van der Waals surface area contributed by atoms with Gasteiger partial charge in [-0.15, -0.1) is 0 Å². The number of aryl methyl sites for hydroxylation is 1. The van der Waals surface area contributed by atoms with Crippen molar-refractivity contribution in [1.29, 1.82) is 0 Å². The number of nitrogens with two attached hydrogens (primary N) is 1. The van der Waals surface area contributed by atoms with E-state index in [1.165, 1.54) is 24.3 Å². The lowest BCUT2D eigenvalue weighted by Gasteiger charge is -2.08. The van der Waals surface area contributed by atoms with Gasteiger partial charge in [-0.25, -0.2) is 17.4 Å². The van der Waals surface area contributed by atoms with E-state index in [0.717, 1.165) is 15.6 Å². The molecule has 0 amide bonds. The van der Waals surface area contributed by atoms with Crippen molar-refractivity contribution in [1.82, 2.24) is 8.96 Å². The predicted molar refractivity (Wildman–Crippen MR) is 84.6 cm³/mol. The summed E-state index contributed by atoms with van der Waals surface area (Å²) in [5, 5.41) is 10.9. The normalized spacial score (nSPS) is 11.7. The summed E-state index contributed by atoms with van der Waals surface area (Å²) in [6.07, 6.45) is 0. The number of benzene rings is 2. The average Bonchev–Trinajstić information content (AvgIpc) is 2.83. The van der Waals surface area contributed by atoms with Crippen LogP contribution in [-0.2, 0) is 10.0 Å². The summed E-state index contributed by atoms with van der Waals surface area (Å²) in [6.45, 7) is 1.83. The molecular weight excluding hydrogens is 320 g/mol. The minimum absolute atomic E-state index is 0.0283. The first-order valence-corrected chi connectivity index (χ1v) is 7.99. The van der Waals surface area contributed by atoms with Crippen LogP contribution in [0.25, 0.3) is 11.0 Å².